The van der Waals surface area contributed by atoms with Crippen molar-refractivity contribution < 1.29 is 14.3 Å². The van der Waals surface area contributed by atoms with Crippen molar-refractivity contribution in [2.75, 3.05) is 19.4 Å². The topological polar surface area (TPSA) is 55.4 Å². The van der Waals surface area contributed by atoms with Gasteiger partial charge in [0, 0.05) is 11.3 Å². The lowest BCUT2D eigenvalue weighted by atomic mass is 10.1. The van der Waals surface area contributed by atoms with Crippen LogP contribution in [0.5, 0.6) is 0 Å². The van der Waals surface area contributed by atoms with Crippen LogP contribution in [0.4, 0.5) is 0 Å². The molecule has 0 heterocycles. The van der Waals surface area contributed by atoms with Crippen LogP contribution in [-0.4, -0.2) is 31.3 Å². The van der Waals surface area contributed by atoms with Gasteiger partial charge in [0.1, 0.15) is 6.61 Å². The fourth-order valence-corrected chi connectivity index (χ4v) is 2.94. The maximum absolute atomic E-state index is 12.1. The monoisotopic (exact) mass is 391 g/mol. The number of benzene rings is 2. The highest BCUT2D eigenvalue weighted by Gasteiger charge is 2.12. The first-order valence-electron chi connectivity index (χ1n) is 8.32. The van der Waals surface area contributed by atoms with E-state index in [2.05, 4.69) is 5.32 Å². The number of carbonyl (C=O) groups excluding carboxylic acids is 2. The van der Waals surface area contributed by atoms with E-state index in [4.69, 9.17) is 16.3 Å². The molecule has 0 aliphatic rings. The third kappa shape index (κ3) is 6.39. The lowest BCUT2D eigenvalue weighted by Crippen LogP contribution is -2.28. The summed E-state index contributed by atoms with van der Waals surface area (Å²) in [6.45, 7) is 2.41. The van der Waals surface area contributed by atoms with Gasteiger partial charge in [-0.05, 0) is 43.4 Å². The molecule has 0 aliphatic heterocycles. The molecule has 1 amide bonds. The van der Waals surface area contributed by atoms with E-state index in [9.17, 15) is 9.59 Å². The molecule has 0 fully saturated rings. The van der Waals surface area contributed by atoms with E-state index < -0.39 is 5.97 Å². The van der Waals surface area contributed by atoms with Crippen LogP contribution in [0.2, 0.25) is 5.02 Å². The van der Waals surface area contributed by atoms with Gasteiger partial charge in [-0.3, -0.25) is 4.79 Å². The van der Waals surface area contributed by atoms with E-state index in [-0.39, 0.29) is 19.1 Å². The summed E-state index contributed by atoms with van der Waals surface area (Å²) < 4.78 is 5.19. The van der Waals surface area contributed by atoms with E-state index in [0.29, 0.717) is 23.4 Å². The summed E-state index contributed by atoms with van der Waals surface area (Å²) in [6, 6.07) is 13.3. The molecular formula is C20H22ClNO3S. The van der Waals surface area contributed by atoms with Crippen LogP contribution in [0.1, 0.15) is 27.9 Å². The van der Waals surface area contributed by atoms with Gasteiger partial charge in [-0.2, -0.15) is 0 Å². The molecule has 4 nitrogen and oxygen atoms in total. The van der Waals surface area contributed by atoms with Crippen LogP contribution in [0.3, 0.4) is 0 Å². The number of hydrogen-bond acceptors (Lipinski definition) is 4. The number of rotatable bonds is 8. The number of halogens is 1. The van der Waals surface area contributed by atoms with Crippen LogP contribution >= 0.6 is 23.4 Å². The van der Waals surface area contributed by atoms with Crippen molar-refractivity contribution in [3.63, 3.8) is 0 Å². The Hall–Kier alpha value is -1.98. The van der Waals surface area contributed by atoms with Gasteiger partial charge < -0.3 is 10.1 Å². The molecule has 0 radical (unpaired) electrons. The number of carbonyl (C=O) groups is 2. The van der Waals surface area contributed by atoms with Gasteiger partial charge in [0.25, 0.3) is 0 Å². The second kappa shape index (κ2) is 10.2. The zero-order chi connectivity index (χ0) is 18.9. The number of hydrogen-bond donors (Lipinski definition) is 1. The molecule has 138 valence electrons. The van der Waals surface area contributed by atoms with Crippen LogP contribution in [0.25, 0.3) is 0 Å². The number of amides is 1. The van der Waals surface area contributed by atoms with Gasteiger partial charge in [-0.1, -0.05) is 41.4 Å². The molecule has 0 aromatic heterocycles. The minimum absolute atomic E-state index is 0.0657. The molecule has 26 heavy (non-hydrogen) atoms. The number of nitrogens with one attached hydrogen (secondary N) is 1. The van der Waals surface area contributed by atoms with E-state index >= 15 is 0 Å². The highest BCUT2D eigenvalue weighted by atomic mass is 35.5. The third-order valence-corrected chi connectivity index (χ3v) is 4.87. The molecule has 1 N–H and O–H groups in total. The Morgan fingerprint density at radius 2 is 1.88 bits per heavy atom. The van der Waals surface area contributed by atoms with Crippen molar-refractivity contribution >= 4 is 35.2 Å². The lowest BCUT2D eigenvalue weighted by Gasteiger charge is -2.09. The van der Waals surface area contributed by atoms with Gasteiger partial charge in [0.05, 0.1) is 17.1 Å². The second-order valence-corrected chi connectivity index (χ2v) is 7.10. The van der Waals surface area contributed by atoms with Crippen molar-refractivity contribution in [1.29, 1.82) is 0 Å². The standard InChI is InChI=1S/C20H22ClNO3S/c1-14-3-5-15(6-4-14)7-10-19(23)22-11-12-25-20(24)17-13-16(26-2)8-9-18(17)21/h3-6,8-9,13H,7,10-12H2,1-2H3,(H,22,23). The van der Waals surface area contributed by atoms with Crippen molar-refractivity contribution in [2.24, 2.45) is 0 Å². The average Bonchev–Trinajstić information content (AvgIpc) is 2.65. The van der Waals surface area contributed by atoms with Crippen LogP contribution in [0, 0.1) is 6.92 Å². The Balaban J connectivity index is 1.70. The molecule has 0 spiro atoms. The quantitative estimate of drug-likeness (QED) is 0.414. The summed E-state index contributed by atoms with van der Waals surface area (Å²) in [5.74, 6) is -0.552. The molecule has 0 atom stereocenters. The summed E-state index contributed by atoms with van der Waals surface area (Å²) in [5, 5.41) is 3.11. The molecule has 2 aromatic carbocycles. The summed E-state index contributed by atoms with van der Waals surface area (Å²) in [4.78, 5) is 24.9. The Kier molecular flexibility index (Phi) is 8.01. The van der Waals surface area contributed by atoms with Gasteiger partial charge in [-0.25, -0.2) is 4.79 Å². The Morgan fingerprint density at radius 3 is 2.58 bits per heavy atom. The number of ether oxygens (including phenoxy) is 1. The van der Waals surface area contributed by atoms with Crippen LogP contribution in [0.15, 0.2) is 47.4 Å². The summed E-state index contributed by atoms with van der Waals surface area (Å²) >= 11 is 7.56. The Morgan fingerprint density at radius 1 is 1.15 bits per heavy atom. The highest BCUT2D eigenvalue weighted by molar-refractivity contribution is 7.98. The number of aryl methyl sites for hydroxylation is 2. The molecular weight excluding hydrogens is 370 g/mol. The van der Waals surface area contributed by atoms with E-state index in [1.165, 1.54) is 17.3 Å². The molecule has 0 unspecified atom stereocenters. The maximum atomic E-state index is 12.1. The van der Waals surface area contributed by atoms with Crippen molar-refractivity contribution in [3.05, 3.63) is 64.2 Å². The summed E-state index contributed by atoms with van der Waals surface area (Å²) in [5.41, 5.74) is 2.66. The molecule has 2 aromatic rings. The van der Waals surface area contributed by atoms with Gasteiger partial charge >= 0.3 is 5.97 Å². The Labute approximate surface area is 163 Å². The summed E-state index contributed by atoms with van der Waals surface area (Å²) in [6.07, 6.45) is 3.01. The van der Waals surface area contributed by atoms with Crippen LogP contribution < -0.4 is 5.32 Å². The lowest BCUT2D eigenvalue weighted by molar-refractivity contribution is -0.121. The predicted octanol–water partition coefficient (Wildman–Crippen LogP) is 4.28. The van der Waals surface area contributed by atoms with Crippen LogP contribution in [-0.2, 0) is 16.0 Å². The normalized spacial score (nSPS) is 10.4. The van der Waals surface area contributed by atoms with Gasteiger partial charge in [0.15, 0.2) is 0 Å². The van der Waals surface area contributed by atoms with E-state index in [1.54, 1.807) is 12.1 Å². The van der Waals surface area contributed by atoms with Crippen molar-refractivity contribution in [1.82, 2.24) is 5.32 Å². The summed E-state index contributed by atoms with van der Waals surface area (Å²) in [7, 11) is 0. The first kappa shape index (κ1) is 20.3. The third-order valence-electron chi connectivity index (χ3n) is 3.81. The maximum Gasteiger partial charge on any atom is 0.339 e. The van der Waals surface area contributed by atoms with Gasteiger partial charge in [0.2, 0.25) is 5.91 Å². The first-order chi connectivity index (χ1) is 12.5. The average molecular weight is 392 g/mol. The predicted molar refractivity (Wildman–Crippen MR) is 106 cm³/mol. The largest absolute Gasteiger partial charge is 0.460 e. The minimum atomic E-state index is -0.486. The molecule has 0 aliphatic carbocycles. The smallest absolute Gasteiger partial charge is 0.339 e. The molecule has 6 heteroatoms. The van der Waals surface area contributed by atoms with E-state index in [1.807, 2.05) is 43.5 Å². The van der Waals surface area contributed by atoms with Crippen molar-refractivity contribution in [3.8, 4) is 0 Å². The second-order valence-electron chi connectivity index (χ2n) is 5.82. The molecule has 0 bridgehead atoms. The van der Waals surface area contributed by atoms with Gasteiger partial charge in [-0.15, -0.1) is 11.8 Å². The number of thioether (sulfide) groups is 1. The fraction of sp³-hybridized carbons (Fsp3) is 0.300. The SMILES string of the molecule is CSc1ccc(Cl)c(C(=O)OCCNC(=O)CCc2ccc(C)cc2)c1. The van der Waals surface area contributed by atoms with Crippen molar-refractivity contribution in [2.45, 2.75) is 24.7 Å². The zero-order valence-electron chi connectivity index (χ0n) is 14.9. The zero-order valence-corrected chi connectivity index (χ0v) is 16.5. The molecule has 2 rings (SSSR count). The molecule has 0 saturated carbocycles. The molecule has 0 saturated heterocycles. The number of esters is 1. The Bertz CT molecular complexity index is 762. The first-order valence-corrected chi connectivity index (χ1v) is 9.93. The highest BCUT2D eigenvalue weighted by Crippen LogP contribution is 2.23. The minimum Gasteiger partial charge on any atom is -0.460 e. The fourth-order valence-electron chi connectivity index (χ4n) is 2.30. The van der Waals surface area contributed by atoms with E-state index in [0.717, 1.165) is 10.5 Å².